The lowest BCUT2D eigenvalue weighted by molar-refractivity contribution is -0.139. The molecule has 1 aromatic heterocycles. The second-order valence-corrected chi connectivity index (χ2v) is 6.15. The summed E-state index contributed by atoms with van der Waals surface area (Å²) < 4.78 is 4.67. The zero-order valence-corrected chi connectivity index (χ0v) is 12.7. The summed E-state index contributed by atoms with van der Waals surface area (Å²) in [5.41, 5.74) is 0.808. The van der Waals surface area contributed by atoms with E-state index in [1.165, 1.54) is 32.8 Å². The molecular formula is C14H22N2O2S. The van der Waals surface area contributed by atoms with Crippen LogP contribution in [0.3, 0.4) is 0 Å². The molecule has 0 saturated heterocycles. The van der Waals surface area contributed by atoms with Gasteiger partial charge in [-0.05, 0) is 18.8 Å². The Labute approximate surface area is 118 Å². The van der Waals surface area contributed by atoms with Gasteiger partial charge >= 0.3 is 5.97 Å². The fourth-order valence-corrected chi connectivity index (χ4v) is 3.62. The number of hydrogen-bond acceptors (Lipinski definition) is 5. The summed E-state index contributed by atoms with van der Waals surface area (Å²) in [7, 11) is 3.53. The fraction of sp³-hybridized carbons (Fsp3) is 0.714. The number of nitrogens with zero attached hydrogens (tertiary/aromatic N) is 2. The molecule has 0 radical (unpaired) electrons. The highest BCUT2D eigenvalue weighted by Gasteiger charge is 2.26. The van der Waals surface area contributed by atoms with Crippen LogP contribution in [0.1, 0.15) is 38.3 Å². The number of hydrogen-bond donors (Lipinski definition) is 0. The Morgan fingerprint density at radius 2 is 2.26 bits per heavy atom. The molecule has 0 spiro atoms. The smallest absolute Gasteiger partial charge is 0.311 e. The molecule has 19 heavy (non-hydrogen) atoms. The first-order valence-electron chi connectivity index (χ1n) is 6.86. The topological polar surface area (TPSA) is 42.4 Å². The van der Waals surface area contributed by atoms with E-state index in [0.717, 1.165) is 10.8 Å². The lowest BCUT2D eigenvalue weighted by Gasteiger charge is -2.36. The number of thiazole rings is 1. The van der Waals surface area contributed by atoms with E-state index in [9.17, 15) is 4.79 Å². The summed E-state index contributed by atoms with van der Waals surface area (Å²) in [6, 6.07) is 0.575. The van der Waals surface area contributed by atoms with Gasteiger partial charge in [-0.25, -0.2) is 4.98 Å². The van der Waals surface area contributed by atoms with E-state index >= 15 is 0 Å². The summed E-state index contributed by atoms with van der Waals surface area (Å²) in [5.74, 6) is 0.484. The predicted octanol–water partition coefficient (Wildman–Crippen LogP) is 2.87. The summed E-state index contributed by atoms with van der Waals surface area (Å²) in [6.45, 7) is 2.32. The van der Waals surface area contributed by atoms with Gasteiger partial charge in [0.15, 0.2) is 5.13 Å². The van der Waals surface area contributed by atoms with Crippen molar-refractivity contribution in [1.82, 2.24) is 4.98 Å². The van der Waals surface area contributed by atoms with Crippen molar-refractivity contribution in [2.75, 3.05) is 19.1 Å². The van der Waals surface area contributed by atoms with E-state index < -0.39 is 0 Å². The molecule has 5 heteroatoms. The number of rotatable bonds is 4. The number of aromatic nitrogens is 1. The standard InChI is InChI=1S/C14H22N2O2S/c1-10-6-4-5-7-12(10)16(2)14-15-11(9-19-14)8-13(17)18-3/h9-10,12H,4-8H2,1-3H3. The van der Waals surface area contributed by atoms with Gasteiger partial charge in [0.1, 0.15) is 0 Å². The monoisotopic (exact) mass is 282 g/mol. The normalized spacial score (nSPS) is 23.1. The first-order valence-corrected chi connectivity index (χ1v) is 7.74. The molecule has 1 saturated carbocycles. The van der Waals surface area contributed by atoms with Crippen LogP contribution in [0.15, 0.2) is 5.38 Å². The van der Waals surface area contributed by atoms with E-state index in [2.05, 4.69) is 28.6 Å². The molecular weight excluding hydrogens is 260 g/mol. The molecule has 1 aromatic rings. The van der Waals surface area contributed by atoms with Crippen molar-refractivity contribution in [2.45, 2.75) is 45.1 Å². The van der Waals surface area contributed by atoms with Crippen molar-refractivity contribution in [3.05, 3.63) is 11.1 Å². The van der Waals surface area contributed by atoms with Crippen molar-refractivity contribution >= 4 is 22.4 Å². The van der Waals surface area contributed by atoms with Crippen LogP contribution >= 0.6 is 11.3 Å². The molecule has 1 aliphatic carbocycles. The Hall–Kier alpha value is -1.10. The maximum Gasteiger partial charge on any atom is 0.311 e. The van der Waals surface area contributed by atoms with E-state index in [1.807, 2.05) is 5.38 Å². The van der Waals surface area contributed by atoms with Gasteiger partial charge < -0.3 is 9.64 Å². The first-order chi connectivity index (χ1) is 9.11. The second-order valence-electron chi connectivity index (χ2n) is 5.31. The molecule has 0 N–H and O–H groups in total. The van der Waals surface area contributed by atoms with E-state index in [1.54, 1.807) is 11.3 Å². The molecule has 4 nitrogen and oxygen atoms in total. The number of carbonyl (C=O) groups is 1. The number of anilines is 1. The SMILES string of the molecule is COC(=O)Cc1csc(N(C)C2CCCCC2C)n1. The summed E-state index contributed by atoms with van der Waals surface area (Å²) in [4.78, 5) is 18.1. The molecule has 2 unspecified atom stereocenters. The van der Waals surface area contributed by atoms with Crippen LogP contribution in [0.4, 0.5) is 5.13 Å². The molecule has 1 aliphatic rings. The van der Waals surface area contributed by atoms with Gasteiger partial charge in [-0.1, -0.05) is 19.8 Å². The molecule has 1 heterocycles. The van der Waals surface area contributed by atoms with Gasteiger partial charge in [0.25, 0.3) is 0 Å². The lowest BCUT2D eigenvalue weighted by atomic mass is 9.85. The molecule has 0 aromatic carbocycles. The predicted molar refractivity (Wildman–Crippen MR) is 77.7 cm³/mol. The Morgan fingerprint density at radius 3 is 2.95 bits per heavy atom. The van der Waals surface area contributed by atoms with Crippen molar-refractivity contribution in [3.8, 4) is 0 Å². The highest BCUT2D eigenvalue weighted by molar-refractivity contribution is 7.13. The van der Waals surface area contributed by atoms with Crippen LogP contribution in [-0.4, -0.2) is 31.2 Å². The van der Waals surface area contributed by atoms with Crippen LogP contribution in [0.5, 0.6) is 0 Å². The third kappa shape index (κ3) is 3.47. The van der Waals surface area contributed by atoms with Gasteiger partial charge in [-0.15, -0.1) is 11.3 Å². The molecule has 2 rings (SSSR count). The van der Waals surface area contributed by atoms with Crippen LogP contribution in [0.25, 0.3) is 0 Å². The largest absolute Gasteiger partial charge is 0.469 e. The Morgan fingerprint density at radius 1 is 1.53 bits per heavy atom. The van der Waals surface area contributed by atoms with Crippen LogP contribution in [-0.2, 0) is 16.0 Å². The lowest BCUT2D eigenvalue weighted by Crippen LogP contribution is -2.38. The van der Waals surface area contributed by atoms with Crippen molar-refractivity contribution in [1.29, 1.82) is 0 Å². The molecule has 106 valence electrons. The maximum absolute atomic E-state index is 11.2. The van der Waals surface area contributed by atoms with E-state index in [-0.39, 0.29) is 12.4 Å². The zero-order chi connectivity index (χ0) is 13.8. The average molecular weight is 282 g/mol. The maximum atomic E-state index is 11.2. The minimum absolute atomic E-state index is 0.231. The highest BCUT2D eigenvalue weighted by atomic mass is 32.1. The van der Waals surface area contributed by atoms with Gasteiger partial charge in [0.2, 0.25) is 0 Å². The average Bonchev–Trinajstić information content (AvgIpc) is 2.87. The van der Waals surface area contributed by atoms with Crippen molar-refractivity contribution < 1.29 is 9.53 Å². The molecule has 0 aliphatic heterocycles. The molecule has 1 fully saturated rings. The first kappa shape index (κ1) is 14.3. The summed E-state index contributed by atoms with van der Waals surface area (Å²) >= 11 is 1.61. The van der Waals surface area contributed by atoms with Crippen molar-refractivity contribution in [3.63, 3.8) is 0 Å². The van der Waals surface area contributed by atoms with Gasteiger partial charge in [-0.2, -0.15) is 0 Å². The van der Waals surface area contributed by atoms with Gasteiger partial charge in [-0.3, -0.25) is 4.79 Å². The van der Waals surface area contributed by atoms with E-state index in [0.29, 0.717) is 12.0 Å². The van der Waals surface area contributed by atoms with Crippen LogP contribution < -0.4 is 4.90 Å². The Kier molecular flexibility index (Phi) is 4.80. The van der Waals surface area contributed by atoms with Gasteiger partial charge in [0.05, 0.1) is 19.2 Å². The quantitative estimate of drug-likeness (QED) is 0.796. The zero-order valence-electron chi connectivity index (χ0n) is 11.9. The van der Waals surface area contributed by atoms with Crippen LogP contribution in [0, 0.1) is 5.92 Å². The minimum atomic E-state index is -0.231. The minimum Gasteiger partial charge on any atom is -0.469 e. The molecule has 2 atom stereocenters. The number of esters is 1. The highest BCUT2D eigenvalue weighted by Crippen LogP contribution is 2.31. The molecule has 0 amide bonds. The third-order valence-corrected chi connectivity index (χ3v) is 4.94. The Bertz CT molecular complexity index is 433. The van der Waals surface area contributed by atoms with Crippen molar-refractivity contribution in [2.24, 2.45) is 5.92 Å². The van der Waals surface area contributed by atoms with Gasteiger partial charge in [0, 0.05) is 18.5 Å². The number of methoxy groups -OCH3 is 1. The Balaban J connectivity index is 2.02. The third-order valence-electron chi connectivity index (χ3n) is 3.96. The summed E-state index contributed by atoms with van der Waals surface area (Å²) in [6.07, 6.45) is 5.46. The number of ether oxygens (including phenoxy) is 1. The fourth-order valence-electron chi connectivity index (χ4n) is 2.77. The van der Waals surface area contributed by atoms with E-state index in [4.69, 9.17) is 0 Å². The number of carbonyl (C=O) groups excluding carboxylic acids is 1. The second kappa shape index (κ2) is 6.37. The van der Waals surface area contributed by atoms with Crippen LogP contribution in [0.2, 0.25) is 0 Å². The summed E-state index contributed by atoms with van der Waals surface area (Å²) in [5, 5.41) is 2.97. The molecule has 0 bridgehead atoms.